The Morgan fingerprint density at radius 3 is 2.20 bits per heavy atom. The lowest BCUT2D eigenvalue weighted by molar-refractivity contribution is -0.116. The smallest absolute Gasteiger partial charge is 0.243 e. The topological polar surface area (TPSA) is 75.7 Å². The van der Waals surface area contributed by atoms with Gasteiger partial charge in [0.1, 0.15) is 5.75 Å². The first-order valence-corrected chi connectivity index (χ1v) is 9.30. The second-order valence-electron chi connectivity index (χ2n) is 5.54. The molecule has 0 atom stereocenters. The number of methoxy groups -OCH3 is 1. The van der Waals surface area contributed by atoms with E-state index in [9.17, 15) is 13.2 Å². The van der Waals surface area contributed by atoms with Crippen molar-refractivity contribution < 1.29 is 17.9 Å². The molecule has 0 unspecified atom stereocenters. The van der Waals surface area contributed by atoms with E-state index in [1.807, 2.05) is 19.1 Å². The number of ether oxygens (including phenoxy) is 1. The van der Waals surface area contributed by atoms with E-state index >= 15 is 0 Å². The van der Waals surface area contributed by atoms with Gasteiger partial charge in [-0.1, -0.05) is 19.1 Å². The first-order chi connectivity index (χ1) is 11.9. The SMILES string of the molecule is CCc1ccc(NC(=O)CN(C)S(=O)(=O)c2ccc(OC)cc2)cc1. The lowest BCUT2D eigenvalue weighted by Crippen LogP contribution is -2.34. The third-order valence-electron chi connectivity index (χ3n) is 3.78. The molecule has 0 aromatic heterocycles. The van der Waals surface area contributed by atoms with E-state index in [1.54, 1.807) is 24.3 Å². The van der Waals surface area contributed by atoms with Crippen molar-refractivity contribution in [1.29, 1.82) is 0 Å². The van der Waals surface area contributed by atoms with Crippen molar-refractivity contribution in [3.8, 4) is 5.75 Å². The summed E-state index contributed by atoms with van der Waals surface area (Å²) in [5.74, 6) is 0.165. The van der Waals surface area contributed by atoms with Crippen LogP contribution in [0.2, 0.25) is 0 Å². The molecule has 0 bridgehead atoms. The number of hydrogen-bond acceptors (Lipinski definition) is 4. The number of sulfonamides is 1. The van der Waals surface area contributed by atoms with Crippen molar-refractivity contribution in [2.75, 3.05) is 26.0 Å². The Kier molecular flexibility index (Phi) is 6.17. The molecule has 0 fully saturated rings. The van der Waals surface area contributed by atoms with Crippen LogP contribution in [0.4, 0.5) is 5.69 Å². The fourth-order valence-electron chi connectivity index (χ4n) is 2.24. The number of anilines is 1. The van der Waals surface area contributed by atoms with E-state index in [0.717, 1.165) is 16.3 Å². The molecule has 0 heterocycles. The zero-order valence-corrected chi connectivity index (χ0v) is 15.3. The molecular weight excluding hydrogens is 340 g/mol. The number of likely N-dealkylation sites (N-methyl/N-ethyl adjacent to an activating group) is 1. The molecule has 0 aliphatic carbocycles. The minimum Gasteiger partial charge on any atom is -0.497 e. The molecule has 6 nitrogen and oxygen atoms in total. The molecule has 2 aromatic carbocycles. The van der Waals surface area contributed by atoms with Crippen LogP contribution in [0.5, 0.6) is 5.75 Å². The van der Waals surface area contributed by atoms with Crippen molar-refractivity contribution in [2.24, 2.45) is 0 Å². The van der Waals surface area contributed by atoms with Gasteiger partial charge in [0, 0.05) is 12.7 Å². The van der Waals surface area contributed by atoms with E-state index in [-0.39, 0.29) is 11.4 Å². The van der Waals surface area contributed by atoms with Gasteiger partial charge in [0.15, 0.2) is 0 Å². The third-order valence-corrected chi connectivity index (χ3v) is 5.60. The number of benzene rings is 2. The second-order valence-corrected chi connectivity index (χ2v) is 7.58. The highest BCUT2D eigenvalue weighted by atomic mass is 32.2. The van der Waals surface area contributed by atoms with Crippen LogP contribution in [0, 0.1) is 0 Å². The van der Waals surface area contributed by atoms with E-state index in [4.69, 9.17) is 4.74 Å². The fraction of sp³-hybridized carbons (Fsp3) is 0.278. The number of nitrogens with one attached hydrogen (secondary N) is 1. The Morgan fingerprint density at radius 2 is 1.68 bits per heavy atom. The lowest BCUT2D eigenvalue weighted by Gasteiger charge is -2.17. The minimum atomic E-state index is -3.75. The van der Waals surface area contributed by atoms with Gasteiger partial charge in [0.25, 0.3) is 0 Å². The zero-order valence-electron chi connectivity index (χ0n) is 14.5. The number of carbonyl (C=O) groups is 1. The number of carbonyl (C=O) groups excluding carboxylic acids is 1. The van der Waals surface area contributed by atoms with Crippen LogP contribution in [0.15, 0.2) is 53.4 Å². The van der Waals surface area contributed by atoms with E-state index in [0.29, 0.717) is 11.4 Å². The summed E-state index contributed by atoms with van der Waals surface area (Å²) in [4.78, 5) is 12.2. The highest BCUT2D eigenvalue weighted by Crippen LogP contribution is 2.18. The Balaban J connectivity index is 2.03. The number of aryl methyl sites for hydroxylation is 1. The largest absolute Gasteiger partial charge is 0.497 e. The Morgan fingerprint density at radius 1 is 1.08 bits per heavy atom. The average molecular weight is 362 g/mol. The Labute approximate surface area is 148 Å². The van der Waals surface area contributed by atoms with Crippen molar-refractivity contribution in [1.82, 2.24) is 4.31 Å². The molecule has 1 N–H and O–H groups in total. The number of nitrogens with zero attached hydrogens (tertiary/aromatic N) is 1. The van der Waals surface area contributed by atoms with Gasteiger partial charge in [-0.05, 0) is 48.4 Å². The molecule has 0 aliphatic rings. The molecule has 7 heteroatoms. The van der Waals surface area contributed by atoms with Crippen LogP contribution >= 0.6 is 0 Å². The Bertz CT molecular complexity index is 815. The number of amides is 1. The van der Waals surface area contributed by atoms with Crippen LogP contribution in [-0.2, 0) is 21.2 Å². The van der Waals surface area contributed by atoms with Gasteiger partial charge >= 0.3 is 0 Å². The maximum absolute atomic E-state index is 12.5. The maximum atomic E-state index is 12.5. The van der Waals surface area contributed by atoms with E-state index in [1.165, 1.54) is 26.3 Å². The predicted molar refractivity (Wildman–Crippen MR) is 97.3 cm³/mol. The molecule has 25 heavy (non-hydrogen) atoms. The van der Waals surface area contributed by atoms with Crippen molar-refractivity contribution >= 4 is 21.6 Å². The molecule has 1 amide bonds. The standard InChI is InChI=1S/C18H22N2O4S/c1-4-14-5-7-15(8-6-14)19-18(21)13-20(2)25(22,23)17-11-9-16(24-3)10-12-17/h5-12H,4,13H2,1-3H3,(H,19,21). The molecular formula is C18H22N2O4S. The van der Waals surface area contributed by atoms with Crippen LogP contribution in [0.25, 0.3) is 0 Å². The Hall–Kier alpha value is -2.38. The van der Waals surface area contributed by atoms with Gasteiger partial charge in [-0.15, -0.1) is 0 Å². The molecule has 0 spiro atoms. The molecule has 0 aliphatic heterocycles. The van der Waals surface area contributed by atoms with Crippen molar-refractivity contribution in [3.05, 3.63) is 54.1 Å². The van der Waals surface area contributed by atoms with Crippen LogP contribution in [0.1, 0.15) is 12.5 Å². The van der Waals surface area contributed by atoms with Gasteiger partial charge in [0.05, 0.1) is 18.6 Å². The van der Waals surface area contributed by atoms with Gasteiger partial charge in [-0.3, -0.25) is 4.79 Å². The quantitative estimate of drug-likeness (QED) is 0.821. The highest BCUT2D eigenvalue weighted by Gasteiger charge is 2.23. The summed E-state index contributed by atoms with van der Waals surface area (Å²) in [5.41, 5.74) is 1.80. The predicted octanol–water partition coefficient (Wildman–Crippen LogP) is 2.52. The van der Waals surface area contributed by atoms with Gasteiger partial charge in [-0.25, -0.2) is 8.42 Å². The monoisotopic (exact) mass is 362 g/mol. The van der Waals surface area contributed by atoms with E-state index < -0.39 is 15.9 Å². The highest BCUT2D eigenvalue weighted by molar-refractivity contribution is 7.89. The van der Waals surface area contributed by atoms with Gasteiger partial charge < -0.3 is 10.1 Å². The van der Waals surface area contributed by atoms with Gasteiger partial charge in [0.2, 0.25) is 15.9 Å². The summed E-state index contributed by atoms with van der Waals surface area (Å²) >= 11 is 0. The zero-order chi connectivity index (χ0) is 18.4. The summed E-state index contributed by atoms with van der Waals surface area (Å²) in [6.45, 7) is 1.77. The summed E-state index contributed by atoms with van der Waals surface area (Å²) in [6.07, 6.45) is 0.914. The summed E-state index contributed by atoms with van der Waals surface area (Å²) in [5, 5.41) is 2.70. The molecule has 2 aromatic rings. The number of rotatable bonds is 7. The first kappa shape index (κ1) is 19.0. The van der Waals surface area contributed by atoms with Crippen LogP contribution in [0.3, 0.4) is 0 Å². The van der Waals surface area contributed by atoms with E-state index in [2.05, 4.69) is 5.32 Å². The molecule has 134 valence electrons. The summed E-state index contributed by atoms with van der Waals surface area (Å²) in [6, 6.07) is 13.5. The first-order valence-electron chi connectivity index (χ1n) is 7.86. The van der Waals surface area contributed by atoms with Crippen LogP contribution in [-0.4, -0.2) is 39.3 Å². The second kappa shape index (κ2) is 8.13. The average Bonchev–Trinajstić information content (AvgIpc) is 2.62. The van der Waals surface area contributed by atoms with Crippen molar-refractivity contribution in [2.45, 2.75) is 18.2 Å². The maximum Gasteiger partial charge on any atom is 0.243 e. The third kappa shape index (κ3) is 4.80. The lowest BCUT2D eigenvalue weighted by atomic mass is 10.1. The molecule has 0 saturated heterocycles. The van der Waals surface area contributed by atoms with Crippen molar-refractivity contribution in [3.63, 3.8) is 0 Å². The molecule has 0 radical (unpaired) electrons. The summed E-state index contributed by atoms with van der Waals surface area (Å²) < 4.78 is 31.1. The normalized spacial score (nSPS) is 11.4. The summed E-state index contributed by atoms with van der Waals surface area (Å²) in [7, 11) is -0.864. The van der Waals surface area contributed by atoms with Gasteiger partial charge in [-0.2, -0.15) is 4.31 Å². The van der Waals surface area contributed by atoms with Crippen LogP contribution < -0.4 is 10.1 Å². The molecule has 0 saturated carbocycles. The fourth-order valence-corrected chi connectivity index (χ4v) is 3.37. The minimum absolute atomic E-state index is 0.107. The molecule has 2 rings (SSSR count). The number of hydrogen-bond donors (Lipinski definition) is 1.